The summed E-state index contributed by atoms with van der Waals surface area (Å²) in [6, 6.07) is 7.01. The number of nitrogens with zero attached hydrogens (tertiary/aromatic N) is 2. The molecule has 1 aliphatic rings. The van der Waals surface area contributed by atoms with Crippen LogP contribution in [0.1, 0.15) is 52.0 Å². The van der Waals surface area contributed by atoms with Gasteiger partial charge in [0.25, 0.3) is 0 Å². The number of nitrogens with one attached hydrogen (secondary N) is 1. The van der Waals surface area contributed by atoms with Gasteiger partial charge in [-0.05, 0) is 49.3 Å². The van der Waals surface area contributed by atoms with Crippen molar-refractivity contribution in [1.82, 2.24) is 10.2 Å². The van der Waals surface area contributed by atoms with Gasteiger partial charge in [-0.2, -0.15) is 0 Å². The number of rotatable bonds is 6. The molecule has 1 saturated heterocycles. The lowest BCUT2D eigenvalue weighted by atomic mass is 9.78. The Balaban J connectivity index is 0.00000364. The zero-order valence-electron chi connectivity index (χ0n) is 17.0. The monoisotopic (exact) mass is 507 g/mol. The van der Waals surface area contributed by atoms with Gasteiger partial charge in [0.2, 0.25) is 0 Å². The summed E-state index contributed by atoms with van der Waals surface area (Å²) in [6.45, 7) is 10.2. The van der Waals surface area contributed by atoms with Gasteiger partial charge in [-0.15, -0.1) is 24.0 Å². The number of likely N-dealkylation sites (tertiary alicyclic amines) is 1. The van der Waals surface area contributed by atoms with E-state index in [1.54, 1.807) is 12.1 Å². The van der Waals surface area contributed by atoms with Crippen LogP contribution in [0.5, 0.6) is 0 Å². The van der Waals surface area contributed by atoms with Crippen molar-refractivity contribution >= 4 is 39.8 Å². The average molecular weight is 507 g/mol. The topological polar surface area (TPSA) is 61.8 Å². The van der Waals surface area contributed by atoms with Crippen LogP contribution in [0, 0.1) is 5.41 Å². The number of hydrogen-bond donors (Lipinski definition) is 1. The van der Waals surface area contributed by atoms with Gasteiger partial charge < -0.3 is 10.2 Å². The minimum atomic E-state index is -3.15. The molecule has 1 aromatic rings. The van der Waals surface area contributed by atoms with E-state index in [0.717, 1.165) is 31.2 Å². The van der Waals surface area contributed by atoms with Crippen LogP contribution in [0.3, 0.4) is 0 Å². The second kappa shape index (κ2) is 10.6. The number of piperidine rings is 1. The van der Waals surface area contributed by atoms with Gasteiger partial charge in [0.1, 0.15) is 0 Å². The van der Waals surface area contributed by atoms with Crippen LogP contribution in [0.25, 0.3) is 0 Å². The van der Waals surface area contributed by atoms with Crippen LogP contribution in [0.15, 0.2) is 34.2 Å². The van der Waals surface area contributed by atoms with Gasteiger partial charge in [-0.25, -0.2) is 13.4 Å². The number of benzene rings is 1. The molecule has 7 heteroatoms. The lowest BCUT2D eigenvalue weighted by Crippen LogP contribution is -2.49. The zero-order chi connectivity index (χ0) is 19.2. The Morgan fingerprint density at radius 1 is 1.26 bits per heavy atom. The minimum Gasteiger partial charge on any atom is -0.357 e. The van der Waals surface area contributed by atoms with Crippen molar-refractivity contribution in [3.8, 4) is 0 Å². The lowest BCUT2D eigenvalue weighted by Gasteiger charge is -2.42. The molecule has 0 aromatic heterocycles. The van der Waals surface area contributed by atoms with E-state index in [1.807, 2.05) is 12.1 Å². The third-order valence-corrected chi connectivity index (χ3v) is 6.16. The predicted molar refractivity (Wildman–Crippen MR) is 124 cm³/mol. The van der Waals surface area contributed by atoms with E-state index in [1.165, 1.54) is 31.9 Å². The molecule has 5 nitrogen and oxygen atoms in total. The summed E-state index contributed by atoms with van der Waals surface area (Å²) in [5, 5.41) is 3.42. The highest BCUT2D eigenvalue weighted by atomic mass is 127. The van der Waals surface area contributed by atoms with E-state index in [4.69, 9.17) is 4.99 Å². The molecule has 0 amide bonds. The molecule has 1 unspecified atom stereocenters. The molecule has 0 radical (unpaired) electrons. The highest BCUT2D eigenvalue weighted by molar-refractivity contribution is 14.0. The van der Waals surface area contributed by atoms with Gasteiger partial charge in [-0.3, -0.25) is 0 Å². The SMILES string of the molecule is CCCC1(C)CCCN(C(=NCc2ccc(S(C)(=O)=O)cc2)NCC)C1.I. The number of halogens is 1. The van der Waals surface area contributed by atoms with Crippen molar-refractivity contribution in [3.63, 3.8) is 0 Å². The van der Waals surface area contributed by atoms with E-state index in [2.05, 4.69) is 31.0 Å². The van der Waals surface area contributed by atoms with Crippen molar-refractivity contribution in [2.24, 2.45) is 10.4 Å². The maximum atomic E-state index is 11.6. The average Bonchev–Trinajstić information content (AvgIpc) is 2.58. The fourth-order valence-corrected chi connectivity index (χ4v) is 4.37. The van der Waals surface area contributed by atoms with Crippen LogP contribution >= 0.6 is 24.0 Å². The number of aliphatic imine (C=N–C) groups is 1. The number of sulfone groups is 1. The molecule has 1 atom stereocenters. The van der Waals surface area contributed by atoms with E-state index in [-0.39, 0.29) is 24.0 Å². The van der Waals surface area contributed by atoms with Gasteiger partial charge in [0.05, 0.1) is 11.4 Å². The summed E-state index contributed by atoms with van der Waals surface area (Å²) in [7, 11) is -3.15. The summed E-state index contributed by atoms with van der Waals surface area (Å²) in [4.78, 5) is 7.54. The van der Waals surface area contributed by atoms with Crippen molar-refractivity contribution in [2.75, 3.05) is 25.9 Å². The first-order valence-electron chi connectivity index (χ1n) is 9.59. The van der Waals surface area contributed by atoms with Crippen LogP contribution in [-0.2, 0) is 16.4 Å². The van der Waals surface area contributed by atoms with Gasteiger partial charge in [0.15, 0.2) is 15.8 Å². The van der Waals surface area contributed by atoms with Crippen LogP contribution in [0.2, 0.25) is 0 Å². The van der Waals surface area contributed by atoms with Gasteiger partial charge in [0, 0.05) is 25.9 Å². The first-order chi connectivity index (χ1) is 12.3. The van der Waals surface area contributed by atoms with E-state index in [9.17, 15) is 8.42 Å². The Morgan fingerprint density at radius 3 is 2.48 bits per heavy atom. The summed E-state index contributed by atoms with van der Waals surface area (Å²) >= 11 is 0. The first kappa shape index (κ1) is 24.2. The first-order valence-corrected chi connectivity index (χ1v) is 11.5. The van der Waals surface area contributed by atoms with Crippen molar-refractivity contribution < 1.29 is 8.42 Å². The van der Waals surface area contributed by atoms with Gasteiger partial charge in [-0.1, -0.05) is 32.4 Å². The molecule has 0 spiro atoms. The fraction of sp³-hybridized carbons (Fsp3) is 0.650. The highest BCUT2D eigenvalue weighted by Gasteiger charge is 2.31. The van der Waals surface area contributed by atoms with E-state index < -0.39 is 9.84 Å². The predicted octanol–water partition coefficient (Wildman–Crippen LogP) is 4.08. The third-order valence-electron chi connectivity index (χ3n) is 5.03. The second-order valence-corrected chi connectivity index (χ2v) is 9.69. The molecule has 1 aliphatic heterocycles. The Hall–Kier alpha value is -0.830. The molecule has 0 saturated carbocycles. The molecule has 154 valence electrons. The number of guanidine groups is 1. The van der Waals surface area contributed by atoms with E-state index in [0.29, 0.717) is 16.9 Å². The quantitative estimate of drug-likeness (QED) is 0.358. The molecule has 0 aliphatic carbocycles. The van der Waals surface area contributed by atoms with Crippen LogP contribution in [-0.4, -0.2) is 45.2 Å². The van der Waals surface area contributed by atoms with Crippen molar-refractivity contribution in [1.29, 1.82) is 0 Å². The smallest absolute Gasteiger partial charge is 0.194 e. The second-order valence-electron chi connectivity index (χ2n) is 7.67. The van der Waals surface area contributed by atoms with Crippen LogP contribution < -0.4 is 5.32 Å². The van der Waals surface area contributed by atoms with Gasteiger partial charge >= 0.3 is 0 Å². The Bertz CT molecular complexity index is 715. The molecule has 1 fully saturated rings. The van der Waals surface area contributed by atoms with Crippen molar-refractivity contribution in [2.45, 2.75) is 57.9 Å². The van der Waals surface area contributed by atoms with Crippen molar-refractivity contribution in [3.05, 3.63) is 29.8 Å². The molecule has 0 bridgehead atoms. The number of hydrogen-bond acceptors (Lipinski definition) is 3. The molecule has 1 aromatic carbocycles. The normalized spacial score (nSPS) is 20.9. The zero-order valence-corrected chi connectivity index (χ0v) is 20.1. The molecule has 2 rings (SSSR count). The van der Waals surface area contributed by atoms with Crippen LogP contribution in [0.4, 0.5) is 0 Å². The Labute approximate surface area is 182 Å². The standard InChI is InChI=1S/C20H33N3O2S.HI/c1-5-12-20(3)13-7-14-23(16-20)19(21-6-2)22-15-17-8-10-18(11-9-17)26(4,24)25;/h8-11H,5-7,12-16H2,1-4H3,(H,21,22);1H. The Morgan fingerprint density at radius 2 is 1.93 bits per heavy atom. The molecular weight excluding hydrogens is 473 g/mol. The molecule has 27 heavy (non-hydrogen) atoms. The maximum absolute atomic E-state index is 11.6. The molecule has 1 N–H and O–H groups in total. The Kier molecular flexibility index (Phi) is 9.54. The maximum Gasteiger partial charge on any atom is 0.194 e. The molecule has 1 heterocycles. The fourth-order valence-electron chi connectivity index (χ4n) is 3.74. The largest absolute Gasteiger partial charge is 0.357 e. The summed E-state index contributed by atoms with van der Waals surface area (Å²) in [5.41, 5.74) is 1.38. The third kappa shape index (κ3) is 7.25. The lowest BCUT2D eigenvalue weighted by molar-refractivity contribution is 0.142. The molecular formula is C20H34IN3O2S. The highest BCUT2D eigenvalue weighted by Crippen LogP contribution is 2.33. The summed E-state index contributed by atoms with van der Waals surface area (Å²) in [5.74, 6) is 0.960. The summed E-state index contributed by atoms with van der Waals surface area (Å²) < 4.78 is 23.1. The summed E-state index contributed by atoms with van der Waals surface area (Å²) in [6.07, 6.45) is 6.17. The minimum absolute atomic E-state index is 0. The van der Waals surface area contributed by atoms with E-state index >= 15 is 0 Å².